The van der Waals surface area contributed by atoms with Gasteiger partial charge in [-0.3, -0.25) is 0 Å². The van der Waals surface area contributed by atoms with Crippen LogP contribution in [0.25, 0.3) is 22.3 Å². The number of alkyl halides is 1. The summed E-state index contributed by atoms with van der Waals surface area (Å²) in [5, 5.41) is 9.53. The van der Waals surface area contributed by atoms with E-state index in [9.17, 15) is 13.9 Å². The smallest absolute Gasteiger partial charge is 0.131 e. The summed E-state index contributed by atoms with van der Waals surface area (Å²) in [5.41, 5.74) is 7.05. The van der Waals surface area contributed by atoms with E-state index in [4.69, 9.17) is 21.1 Å². The zero-order valence-corrected chi connectivity index (χ0v) is 29.5. The second kappa shape index (κ2) is 15.8. The van der Waals surface area contributed by atoms with Gasteiger partial charge in [-0.05, 0) is 135 Å². The molecule has 0 spiro atoms. The number of rotatable bonds is 12. The van der Waals surface area contributed by atoms with Crippen LogP contribution >= 0.6 is 11.6 Å². The number of nitrogens with zero attached hydrogens (tertiary/aromatic N) is 2. The number of ether oxygens (including phenoxy) is 2. The van der Waals surface area contributed by atoms with Gasteiger partial charge < -0.3 is 24.4 Å². The zero-order chi connectivity index (χ0) is 34.5. The maximum absolute atomic E-state index is 14.5. The molecule has 2 aliphatic carbocycles. The van der Waals surface area contributed by atoms with Crippen LogP contribution in [0.1, 0.15) is 60.0 Å². The highest BCUT2D eigenvalue weighted by molar-refractivity contribution is 6.17. The van der Waals surface area contributed by atoms with Crippen LogP contribution in [0.5, 0.6) is 11.5 Å². The number of methoxy groups -OCH3 is 2. The molecular formula is C40H47ClF2N2O3. The molecule has 8 heteroatoms. The Bertz CT molecular complexity index is 1580. The van der Waals surface area contributed by atoms with Gasteiger partial charge in [0.1, 0.15) is 23.1 Å². The molecule has 0 amide bonds. The van der Waals surface area contributed by atoms with Crippen LogP contribution in [0.4, 0.5) is 8.78 Å². The Morgan fingerprint density at radius 1 is 0.646 bits per heavy atom. The van der Waals surface area contributed by atoms with Crippen molar-refractivity contribution in [1.82, 2.24) is 9.80 Å². The summed E-state index contributed by atoms with van der Waals surface area (Å²) in [4.78, 5) is 4.42. The third-order valence-electron chi connectivity index (χ3n) is 9.38. The van der Waals surface area contributed by atoms with Crippen LogP contribution in [-0.4, -0.2) is 57.3 Å². The number of hydrogen-bond donors (Lipinski definition) is 1. The van der Waals surface area contributed by atoms with Crippen molar-refractivity contribution in [2.45, 2.75) is 50.3 Å². The molecule has 5 nitrogen and oxygen atoms in total. The van der Waals surface area contributed by atoms with Gasteiger partial charge in [-0.25, -0.2) is 8.78 Å². The fourth-order valence-electron chi connectivity index (χ4n) is 6.79. The van der Waals surface area contributed by atoms with Crippen molar-refractivity contribution in [3.8, 4) is 33.8 Å². The molecule has 0 aromatic heterocycles. The average Bonchev–Trinajstić information content (AvgIpc) is 4.03. The monoisotopic (exact) mass is 676 g/mol. The molecule has 4 aromatic rings. The summed E-state index contributed by atoms with van der Waals surface area (Å²) < 4.78 is 39.6. The van der Waals surface area contributed by atoms with E-state index < -0.39 is 0 Å². The van der Waals surface area contributed by atoms with Crippen molar-refractivity contribution in [3.63, 3.8) is 0 Å². The SMILES string of the molecule is COc1ccc(F)c(-c2ccc(CCl)cc2C(C2CC2)N(C)C)c1.COc1ccc(F)c(-c2ccc(CO)cc2C(C2CC2)N(C)C)c1. The summed E-state index contributed by atoms with van der Waals surface area (Å²) >= 11 is 6.05. The number of halogens is 3. The fraction of sp³-hybridized carbons (Fsp3) is 0.400. The maximum Gasteiger partial charge on any atom is 0.131 e. The Morgan fingerprint density at radius 2 is 1.06 bits per heavy atom. The van der Waals surface area contributed by atoms with Crippen molar-refractivity contribution < 1.29 is 23.4 Å². The summed E-state index contributed by atoms with van der Waals surface area (Å²) in [5.74, 6) is 2.46. The second-order valence-corrected chi connectivity index (χ2v) is 13.6. The lowest BCUT2D eigenvalue weighted by molar-refractivity contribution is 0.267. The van der Waals surface area contributed by atoms with E-state index in [1.165, 1.54) is 37.8 Å². The normalized spacial score (nSPS) is 15.6. The minimum Gasteiger partial charge on any atom is -0.497 e. The second-order valence-electron chi connectivity index (χ2n) is 13.3. The quantitative estimate of drug-likeness (QED) is 0.152. The first-order chi connectivity index (χ1) is 23.1. The molecule has 0 saturated heterocycles. The first-order valence-electron chi connectivity index (χ1n) is 16.5. The molecular weight excluding hydrogens is 630 g/mol. The molecule has 2 aliphatic rings. The van der Waals surface area contributed by atoms with Crippen LogP contribution in [0.2, 0.25) is 0 Å². The van der Waals surface area contributed by atoms with Gasteiger partial charge in [0.15, 0.2) is 0 Å². The molecule has 1 N–H and O–H groups in total. The van der Waals surface area contributed by atoms with Gasteiger partial charge in [0, 0.05) is 29.1 Å². The van der Waals surface area contributed by atoms with Gasteiger partial charge in [0.25, 0.3) is 0 Å². The Balaban J connectivity index is 0.000000188. The van der Waals surface area contributed by atoms with Crippen molar-refractivity contribution >= 4 is 11.6 Å². The summed E-state index contributed by atoms with van der Waals surface area (Å²) in [7, 11) is 11.5. The molecule has 48 heavy (non-hydrogen) atoms. The third kappa shape index (κ3) is 8.20. The molecule has 4 aromatic carbocycles. The molecule has 0 aliphatic heterocycles. The highest BCUT2D eigenvalue weighted by Gasteiger charge is 2.36. The molecule has 0 heterocycles. The van der Waals surface area contributed by atoms with Crippen molar-refractivity contribution in [2.75, 3.05) is 42.4 Å². The lowest BCUT2D eigenvalue weighted by Gasteiger charge is -2.28. The van der Waals surface area contributed by atoms with Crippen molar-refractivity contribution in [1.29, 1.82) is 0 Å². The molecule has 0 bridgehead atoms. The van der Waals surface area contributed by atoms with Crippen LogP contribution in [0, 0.1) is 23.5 Å². The first-order valence-corrected chi connectivity index (χ1v) is 17.1. The van der Waals surface area contributed by atoms with Crippen LogP contribution in [0.15, 0.2) is 72.8 Å². The third-order valence-corrected chi connectivity index (χ3v) is 9.69. The Hall–Kier alpha value is -3.49. The van der Waals surface area contributed by atoms with Gasteiger partial charge in [-0.1, -0.05) is 36.4 Å². The number of aliphatic hydroxyl groups is 1. The van der Waals surface area contributed by atoms with Crippen LogP contribution in [-0.2, 0) is 12.5 Å². The minimum atomic E-state index is -0.262. The number of benzene rings is 4. The predicted octanol–water partition coefficient (Wildman–Crippen LogP) is 9.26. The summed E-state index contributed by atoms with van der Waals surface area (Å²) in [6.45, 7) is -0.0152. The molecule has 2 fully saturated rings. The molecule has 6 rings (SSSR count). The largest absolute Gasteiger partial charge is 0.497 e. The Kier molecular flexibility index (Phi) is 11.8. The lowest BCUT2D eigenvalue weighted by atomic mass is 9.90. The van der Waals surface area contributed by atoms with E-state index in [0.717, 1.165) is 33.4 Å². The Labute approximate surface area is 289 Å². The lowest BCUT2D eigenvalue weighted by Crippen LogP contribution is -2.22. The zero-order valence-electron chi connectivity index (χ0n) is 28.8. The van der Waals surface area contributed by atoms with Gasteiger partial charge in [-0.2, -0.15) is 0 Å². The van der Waals surface area contributed by atoms with Crippen molar-refractivity contribution in [3.05, 3.63) is 107 Å². The summed E-state index contributed by atoms with van der Waals surface area (Å²) in [6.07, 6.45) is 4.81. The minimum absolute atomic E-state index is 0.0152. The van der Waals surface area contributed by atoms with Crippen LogP contribution < -0.4 is 9.47 Å². The molecule has 2 saturated carbocycles. The van der Waals surface area contributed by atoms with Gasteiger partial charge >= 0.3 is 0 Å². The van der Waals surface area contributed by atoms with E-state index in [0.29, 0.717) is 40.3 Å². The summed E-state index contributed by atoms with van der Waals surface area (Å²) in [6, 6.07) is 22.1. The van der Waals surface area contributed by atoms with Crippen molar-refractivity contribution in [2.24, 2.45) is 11.8 Å². The Morgan fingerprint density at radius 3 is 1.42 bits per heavy atom. The maximum atomic E-state index is 14.5. The predicted molar refractivity (Wildman–Crippen MR) is 191 cm³/mol. The number of hydrogen-bond acceptors (Lipinski definition) is 5. The van der Waals surface area contributed by atoms with Gasteiger partial charge in [0.2, 0.25) is 0 Å². The molecule has 2 atom stereocenters. The molecule has 256 valence electrons. The van der Waals surface area contributed by atoms with E-state index in [2.05, 4.69) is 44.1 Å². The standard InChI is InChI=1S/C20H23ClFNO.C20H24FNO2/c1-23(2)20(14-5-6-14)18-10-13(12-21)4-8-16(18)17-11-15(24-3)7-9-19(17)22;1-22(2)20(14-5-6-14)18-10-13(12-23)4-8-16(18)17-11-15(24-3)7-9-19(17)21/h4,7-11,14,20H,5-6,12H2,1-3H3;4,7-11,14,20,23H,5-6,12H2,1-3H3. The van der Waals surface area contributed by atoms with Crippen LogP contribution in [0.3, 0.4) is 0 Å². The first kappa shape index (κ1) is 35.8. The van der Waals surface area contributed by atoms with E-state index in [-0.39, 0.29) is 30.3 Å². The fourth-order valence-corrected chi connectivity index (χ4v) is 6.96. The highest BCUT2D eigenvalue weighted by Crippen LogP contribution is 2.48. The van der Waals surface area contributed by atoms with Gasteiger partial charge in [0.05, 0.1) is 20.8 Å². The highest BCUT2D eigenvalue weighted by atomic mass is 35.5. The van der Waals surface area contributed by atoms with E-state index in [1.807, 2.05) is 30.3 Å². The molecule has 2 unspecified atom stereocenters. The van der Waals surface area contributed by atoms with E-state index in [1.54, 1.807) is 38.5 Å². The van der Waals surface area contributed by atoms with Gasteiger partial charge in [-0.15, -0.1) is 11.6 Å². The topological polar surface area (TPSA) is 45.2 Å². The number of aliphatic hydroxyl groups excluding tert-OH is 1. The average molecular weight is 677 g/mol. The van der Waals surface area contributed by atoms with E-state index >= 15 is 0 Å². The molecule has 0 radical (unpaired) electrons.